The van der Waals surface area contributed by atoms with Crippen LogP contribution in [-0.4, -0.2) is 48.4 Å². The van der Waals surface area contributed by atoms with Crippen LogP contribution in [0, 0.1) is 10.1 Å². The average Bonchev–Trinajstić information content (AvgIpc) is 3.40. The molecule has 4 aromatic rings. The van der Waals surface area contributed by atoms with Crippen molar-refractivity contribution in [2.45, 2.75) is 33.4 Å². The van der Waals surface area contributed by atoms with Crippen LogP contribution in [0.3, 0.4) is 0 Å². The van der Waals surface area contributed by atoms with E-state index in [1.807, 2.05) is 0 Å². The minimum atomic E-state index is -0.985. The molecule has 1 aliphatic rings. The third-order valence-corrected chi connectivity index (χ3v) is 9.33. The van der Waals surface area contributed by atoms with Crippen molar-refractivity contribution >= 4 is 62.6 Å². The van der Waals surface area contributed by atoms with Crippen molar-refractivity contribution in [3.8, 4) is 17.2 Å². The predicted molar refractivity (Wildman–Crippen MR) is 192 cm³/mol. The summed E-state index contributed by atoms with van der Waals surface area (Å²) in [6, 6.07) is 13.7. The van der Waals surface area contributed by atoms with E-state index in [4.69, 9.17) is 30.5 Å². The Hall–Kier alpha value is -4.99. The van der Waals surface area contributed by atoms with Gasteiger partial charge in [0, 0.05) is 11.1 Å². The van der Waals surface area contributed by atoms with E-state index in [1.165, 1.54) is 23.8 Å². The van der Waals surface area contributed by atoms with Crippen LogP contribution in [0.2, 0.25) is 5.02 Å². The molecule has 1 aliphatic heterocycles. The number of rotatable bonds is 13. The lowest BCUT2D eigenvalue weighted by Crippen LogP contribution is -2.40. The van der Waals surface area contributed by atoms with Crippen LogP contribution in [-0.2, 0) is 25.7 Å². The number of hydrogen-bond donors (Lipinski definition) is 0. The molecule has 2 heterocycles. The van der Waals surface area contributed by atoms with Gasteiger partial charge in [-0.05, 0) is 89.8 Å². The summed E-state index contributed by atoms with van der Waals surface area (Å²) in [5, 5.41) is 12.7. The molecule has 16 heteroatoms. The van der Waals surface area contributed by atoms with E-state index in [-0.39, 0.29) is 59.5 Å². The lowest BCUT2D eigenvalue weighted by atomic mass is 9.95. The quantitative estimate of drug-likeness (QED) is 0.0940. The van der Waals surface area contributed by atoms with E-state index in [9.17, 15) is 24.5 Å². The number of benzene rings is 3. The topological polar surface area (TPSA) is 158 Å². The highest BCUT2D eigenvalue weighted by Crippen LogP contribution is 2.38. The summed E-state index contributed by atoms with van der Waals surface area (Å²) >= 11 is 10.4. The van der Waals surface area contributed by atoms with E-state index < -0.39 is 28.5 Å². The fourth-order valence-corrected chi connectivity index (χ4v) is 6.99. The lowest BCUT2D eigenvalue weighted by molar-refractivity contribution is -0.386. The van der Waals surface area contributed by atoms with Crippen LogP contribution in [0.5, 0.6) is 17.2 Å². The number of halogens is 2. The average molecular weight is 801 g/mol. The number of hydrogen-bond acceptors (Lipinski definition) is 12. The summed E-state index contributed by atoms with van der Waals surface area (Å²) in [5.74, 6) is -0.698. The number of carbonyl (C=O) groups is 2. The van der Waals surface area contributed by atoms with Gasteiger partial charge in [0.15, 0.2) is 22.9 Å². The summed E-state index contributed by atoms with van der Waals surface area (Å²) < 4.78 is 29.2. The molecule has 5 rings (SSSR count). The van der Waals surface area contributed by atoms with Crippen molar-refractivity contribution in [1.82, 2.24) is 4.57 Å². The molecule has 51 heavy (non-hydrogen) atoms. The molecule has 0 amide bonds. The Morgan fingerprint density at radius 1 is 1.06 bits per heavy atom. The highest BCUT2D eigenvalue weighted by molar-refractivity contribution is 9.10. The van der Waals surface area contributed by atoms with Crippen LogP contribution < -0.4 is 29.1 Å². The Balaban J connectivity index is 1.60. The Kier molecular flexibility index (Phi) is 12.0. The number of allylic oxidation sites excluding steroid dienone is 1. The number of thiazole rings is 1. The molecule has 1 atom stereocenters. The van der Waals surface area contributed by atoms with E-state index in [0.29, 0.717) is 31.1 Å². The number of methoxy groups -OCH3 is 1. The first kappa shape index (κ1) is 37.3. The van der Waals surface area contributed by atoms with Gasteiger partial charge in [-0.15, -0.1) is 0 Å². The van der Waals surface area contributed by atoms with Crippen LogP contribution in [0.4, 0.5) is 5.69 Å². The molecule has 0 bridgehead atoms. The minimum Gasteiger partial charge on any atom is -0.490 e. The zero-order chi connectivity index (χ0) is 36.8. The van der Waals surface area contributed by atoms with Crippen molar-refractivity contribution < 1.29 is 38.2 Å². The first-order valence-corrected chi connectivity index (χ1v) is 17.5. The van der Waals surface area contributed by atoms with Gasteiger partial charge >= 0.3 is 17.6 Å². The summed E-state index contributed by atoms with van der Waals surface area (Å²) in [6.07, 6.45) is 1.51. The largest absolute Gasteiger partial charge is 0.490 e. The van der Waals surface area contributed by atoms with E-state index in [2.05, 4.69) is 25.7 Å². The van der Waals surface area contributed by atoms with Gasteiger partial charge in [-0.25, -0.2) is 14.6 Å². The zero-order valence-electron chi connectivity index (χ0n) is 27.8. The summed E-state index contributed by atoms with van der Waals surface area (Å²) in [7, 11) is 1.24. The zero-order valence-corrected chi connectivity index (χ0v) is 30.9. The van der Waals surface area contributed by atoms with E-state index >= 15 is 0 Å². The Morgan fingerprint density at radius 2 is 1.80 bits per heavy atom. The van der Waals surface area contributed by atoms with Crippen molar-refractivity contribution in [2.24, 2.45) is 4.99 Å². The summed E-state index contributed by atoms with van der Waals surface area (Å²) in [6.45, 7) is 5.13. The van der Waals surface area contributed by atoms with Crippen LogP contribution in [0.25, 0.3) is 6.08 Å². The number of carbonyl (C=O) groups excluding carboxylic acids is 2. The number of nitro groups is 1. The molecule has 0 fully saturated rings. The van der Waals surface area contributed by atoms with Crippen molar-refractivity contribution in [2.75, 3.05) is 26.9 Å². The van der Waals surface area contributed by atoms with Crippen LogP contribution in [0.1, 0.15) is 43.5 Å². The number of esters is 2. The third-order valence-electron chi connectivity index (χ3n) is 7.51. The molecule has 0 radical (unpaired) electrons. The van der Waals surface area contributed by atoms with Gasteiger partial charge in [0.2, 0.25) is 5.75 Å². The first-order chi connectivity index (χ1) is 24.4. The molecule has 266 valence electrons. The maximum atomic E-state index is 14.2. The molecule has 0 saturated heterocycles. The number of nitro benzene ring substituents is 1. The van der Waals surface area contributed by atoms with E-state index in [0.717, 1.165) is 16.9 Å². The fraction of sp³-hybridized carbons (Fsp3) is 0.257. The molecule has 0 spiro atoms. The highest BCUT2D eigenvalue weighted by Gasteiger charge is 2.34. The highest BCUT2D eigenvalue weighted by atomic mass is 79.9. The predicted octanol–water partition coefficient (Wildman–Crippen LogP) is 5.65. The van der Waals surface area contributed by atoms with Crippen molar-refractivity contribution in [3.05, 3.63) is 122 Å². The Bertz CT molecular complexity index is 2220. The van der Waals surface area contributed by atoms with Gasteiger partial charge in [0.05, 0.1) is 51.6 Å². The van der Waals surface area contributed by atoms with Crippen molar-refractivity contribution in [3.63, 3.8) is 0 Å². The van der Waals surface area contributed by atoms with Gasteiger partial charge in [-0.1, -0.05) is 41.1 Å². The lowest BCUT2D eigenvalue weighted by Gasteiger charge is -2.25. The van der Waals surface area contributed by atoms with Gasteiger partial charge in [-0.2, -0.15) is 0 Å². The summed E-state index contributed by atoms with van der Waals surface area (Å²) in [5.41, 5.74) is 1.26. The second-order valence-electron chi connectivity index (χ2n) is 10.8. The second-order valence-corrected chi connectivity index (χ2v) is 13.1. The Morgan fingerprint density at radius 3 is 2.47 bits per heavy atom. The molecule has 13 nitrogen and oxygen atoms in total. The van der Waals surface area contributed by atoms with Gasteiger partial charge in [0.1, 0.15) is 6.61 Å². The van der Waals surface area contributed by atoms with Crippen molar-refractivity contribution in [1.29, 1.82) is 0 Å². The van der Waals surface area contributed by atoms with Gasteiger partial charge < -0.3 is 23.7 Å². The summed E-state index contributed by atoms with van der Waals surface area (Å²) in [4.78, 5) is 55.8. The van der Waals surface area contributed by atoms with Gasteiger partial charge in [-0.3, -0.25) is 19.5 Å². The smallest absolute Gasteiger partial charge is 0.343 e. The minimum absolute atomic E-state index is 0.0207. The number of ether oxygens (including phenoxy) is 5. The maximum absolute atomic E-state index is 14.2. The SMILES string of the molecule is CCOC(=O)C1=C(C)N=c2s/c(=C/c3cc(Br)c(OCc4ccc(Cl)cc4)c([N+](=O)[O-])c3)c(=O)n2[C@H]1c1ccc(OCC(=O)OC)c(OCC)c1. The molecule has 0 unspecified atom stereocenters. The standard InChI is InChI=1S/C35H31BrClN3O10S/c1-5-47-27-16-22(9-12-26(27)49-18-29(41)46-4)31-30(34(43)48-6-2)19(3)38-35-39(31)33(42)28(51-35)15-21-13-24(36)32(25(14-21)40(44)45)50-17-20-7-10-23(37)11-8-20/h7-16,31H,5-6,17-18H2,1-4H3/b28-15+/t31-/m0/s1. The second kappa shape index (κ2) is 16.4. The number of fused-ring (bicyclic) bond motifs is 1. The number of nitrogens with zero attached hydrogens (tertiary/aromatic N) is 3. The van der Waals surface area contributed by atoms with Gasteiger partial charge in [0.25, 0.3) is 5.56 Å². The number of aromatic nitrogens is 1. The van der Waals surface area contributed by atoms with Crippen LogP contribution in [0.15, 0.2) is 80.1 Å². The molecule has 1 aromatic heterocycles. The molecule has 3 aromatic carbocycles. The molecule has 0 saturated carbocycles. The molecule has 0 N–H and O–H groups in total. The fourth-order valence-electron chi connectivity index (χ4n) is 5.23. The molecular formula is C35H31BrClN3O10S. The third kappa shape index (κ3) is 8.32. The molecule has 0 aliphatic carbocycles. The normalized spacial score (nSPS) is 14.0. The van der Waals surface area contributed by atoms with E-state index in [1.54, 1.807) is 69.3 Å². The first-order valence-electron chi connectivity index (χ1n) is 15.5. The Labute approximate surface area is 308 Å². The van der Waals surface area contributed by atoms with Crippen LogP contribution >= 0.6 is 38.9 Å². The maximum Gasteiger partial charge on any atom is 0.343 e. The monoisotopic (exact) mass is 799 g/mol. The molecular weight excluding hydrogens is 770 g/mol.